The Balaban J connectivity index is 1.95. The lowest BCUT2D eigenvalue weighted by Crippen LogP contribution is -2.40. The van der Waals surface area contributed by atoms with Gasteiger partial charge in [0.1, 0.15) is 5.76 Å². The van der Waals surface area contributed by atoms with Gasteiger partial charge in [-0.3, -0.25) is 4.79 Å². The molecule has 1 atom stereocenters. The maximum absolute atomic E-state index is 11.8. The lowest BCUT2D eigenvalue weighted by atomic mass is 9.88. The summed E-state index contributed by atoms with van der Waals surface area (Å²) >= 11 is 0. The second-order valence-corrected chi connectivity index (χ2v) is 5.95. The summed E-state index contributed by atoms with van der Waals surface area (Å²) < 4.78 is 11.0. The second kappa shape index (κ2) is 5.78. The van der Waals surface area contributed by atoms with Crippen molar-refractivity contribution in [3.05, 3.63) is 24.2 Å². The molecule has 0 radical (unpaired) electrons. The van der Waals surface area contributed by atoms with Crippen molar-refractivity contribution < 1.29 is 13.9 Å². The molecular weight excluding hydrogens is 242 g/mol. The Morgan fingerprint density at radius 1 is 1.53 bits per heavy atom. The molecular formula is C15H23NO3. The van der Waals surface area contributed by atoms with E-state index in [0.29, 0.717) is 12.5 Å². The van der Waals surface area contributed by atoms with E-state index in [1.54, 1.807) is 13.2 Å². The van der Waals surface area contributed by atoms with Crippen LogP contribution in [0.5, 0.6) is 0 Å². The molecule has 19 heavy (non-hydrogen) atoms. The number of rotatable bonds is 4. The van der Waals surface area contributed by atoms with Crippen molar-refractivity contribution in [2.75, 3.05) is 13.2 Å². The normalized spacial score (nSPS) is 22.2. The molecule has 0 bridgehead atoms. The molecule has 1 unspecified atom stereocenters. The summed E-state index contributed by atoms with van der Waals surface area (Å²) in [6, 6.07) is 3.76. The van der Waals surface area contributed by atoms with E-state index < -0.39 is 0 Å². The fourth-order valence-electron chi connectivity index (χ4n) is 2.72. The number of amides is 1. The molecule has 0 N–H and O–H groups in total. The van der Waals surface area contributed by atoms with Gasteiger partial charge in [-0.15, -0.1) is 0 Å². The number of hydrogen-bond acceptors (Lipinski definition) is 3. The van der Waals surface area contributed by atoms with E-state index in [0.717, 1.165) is 31.8 Å². The van der Waals surface area contributed by atoms with E-state index in [1.807, 2.05) is 17.0 Å². The molecule has 0 aliphatic carbocycles. The predicted octanol–water partition coefficient (Wildman–Crippen LogP) is 2.83. The minimum absolute atomic E-state index is 0.0734. The van der Waals surface area contributed by atoms with Gasteiger partial charge in [0.2, 0.25) is 5.91 Å². The van der Waals surface area contributed by atoms with Gasteiger partial charge in [-0.05, 0) is 44.7 Å². The van der Waals surface area contributed by atoms with Crippen molar-refractivity contribution in [1.29, 1.82) is 0 Å². The number of hydrogen-bond donors (Lipinski definition) is 0. The topological polar surface area (TPSA) is 42.7 Å². The smallest absolute Gasteiger partial charge is 0.219 e. The second-order valence-electron chi connectivity index (χ2n) is 5.95. The molecule has 0 saturated carbocycles. The van der Waals surface area contributed by atoms with Crippen molar-refractivity contribution in [2.24, 2.45) is 5.92 Å². The van der Waals surface area contributed by atoms with Gasteiger partial charge in [-0.1, -0.05) is 0 Å². The van der Waals surface area contributed by atoms with Gasteiger partial charge in [0, 0.05) is 20.1 Å². The van der Waals surface area contributed by atoms with Gasteiger partial charge in [0.05, 0.1) is 18.4 Å². The van der Waals surface area contributed by atoms with E-state index >= 15 is 0 Å². The lowest BCUT2D eigenvalue weighted by molar-refractivity contribution is -0.132. The summed E-state index contributed by atoms with van der Waals surface area (Å²) in [4.78, 5) is 13.6. The van der Waals surface area contributed by atoms with Crippen molar-refractivity contribution in [2.45, 2.75) is 45.8 Å². The molecule has 0 spiro atoms. The van der Waals surface area contributed by atoms with Crippen LogP contribution in [0.1, 0.15) is 39.4 Å². The van der Waals surface area contributed by atoms with Crippen LogP contribution >= 0.6 is 0 Å². The summed E-state index contributed by atoms with van der Waals surface area (Å²) in [5, 5.41) is 0. The Morgan fingerprint density at radius 3 is 2.89 bits per heavy atom. The average Bonchev–Trinajstić information content (AvgIpc) is 2.79. The van der Waals surface area contributed by atoms with Gasteiger partial charge >= 0.3 is 0 Å². The number of ether oxygens (including phenoxy) is 1. The molecule has 2 rings (SSSR count). The minimum atomic E-state index is -0.0734. The largest absolute Gasteiger partial charge is 0.467 e. The maximum atomic E-state index is 11.8. The van der Waals surface area contributed by atoms with Crippen LogP contribution in [0.15, 0.2) is 22.8 Å². The number of furan rings is 1. The third kappa shape index (κ3) is 4.10. The van der Waals surface area contributed by atoms with E-state index in [4.69, 9.17) is 9.15 Å². The molecule has 1 amide bonds. The first-order chi connectivity index (χ1) is 8.96. The molecule has 2 heterocycles. The first-order valence-corrected chi connectivity index (χ1v) is 6.88. The summed E-state index contributed by atoms with van der Waals surface area (Å²) in [7, 11) is 0. The fraction of sp³-hybridized carbons (Fsp3) is 0.667. The molecule has 1 aliphatic rings. The van der Waals surface area contributed by atoms with Gasteiger partial charge < -0.3 is 14.1 Å². The molecule has 4 heteroatoms. The van der Waals surface area contributed by atoms with Crippen LogP contribution in [0.2, 0.25) is 0 Å². The van der Waals surface area contributed by atoms with Crippen LogP contribution in [0, 0.1) is 5.92 Å². The van der Waals surface area contributed by atoms with Crippen LogP contribution in [-0.2, 0) is 16.1 Å². The molecule has 1 aliphatic heterocycles. The third-order valence-electron chi connectivity index (χ3n) is 3.65. The molecule has 106 valence electrons. The Labute approximate surface area is 114 Å². The van der Waals surface area contributed by atoms with E-state index in [1.165, 1.54) is 0 Å². The number of carbonyl (C=O) groups is 1. The van der Waals surface area contributed by atoms with Gasteiger partial charge in [0.25, 0.3) is 0 Å². The molecule has 4 nitrogen and oxygen atoms in total. The first kappa shape index (κ1) is 14.1. The Bertz CT molecular complexity index is 411. The van der Waals surface area contributed by atoms with Gasteiger partial charge in [0.15, 0.2) is 0 Å². The highest BCUT2D eigenvalue weighted by molar-refractivity contribution is 5.73. The molecule has 0 aromatic carbocycles. The van der Waals surface area contributed by atoms with E-state index in [9.17, 15) is 4.79 Å². The van der Waals surface area contributed by atoms with Crippen molar-refractivity contribution in [1.82, 2.24) is 4.90 Å². The third-order valence-corrected chi connectivity index (χ3v) is 3.65. The van der Waals surface area contributed by atoms with Crippen LogP contribution in [0.4, 0.5) is 0 Å². The SMILES string of the molecule is CC(=O)N(Cc1ccco1)CC1CCOC(C)(C)C1. The molecule has 1 saturated heterocycles. The standard InChI is InChI=1S/C15H23NO3/c1-12(17)16(11-14-5-4-7-18-14)10-13-6-8-19-15(2,3)9-13/h4-5,7,13H,6,8-11H2,1-3H3. The van der Waals surface area contributed by atoms with E-state index in [2.05, 4.69) is 13.8 Å². The van der Waals surface area contributed by atoms with Crippen LogP contribution in [0.25, 0.3) is 0 Å². The average molecular weight is 265 g/mol. The highest BCUT2D eigenvalue weighted by Crippen LogP contribution is 2.29. The van der Waals surface area contributed by atoms with Crippen molar-refractivity contribution in [3.63, 3.8) is 0 Å². The Hall–Kier alpha value is -1.29. The van der Waals surface area contributed by atoms with Gasteiger partial charge in [-0.25, -0.2) is 0 Å². The first-order valence-electron chi connectivity index (χ1n) is 6.88. The minimum Gasteiger partial charge on any atom is -0.467 e. The summed E-state index contributed by atoms with van der Waals surface area (Å²) in [6.45, 7) is 7.97. The zero-order chi connectivity index (χ0) is 13.9. The maximum Gasteiger partial charge on any atom is 0.219 e. The number of nitrogens with zero attached hydrogens (tertiary/aromatic N) is 1. The monoisotopic (exact) mass is 265 g/mol. The molecule has 1 aromatic heterocycles. The van der Waals surface area contributed by atoms with Crippen LogP contribution in [-0.4, -0.2) is 29.6 Å². The lowest BCUT2D eigenvalue weighted by Gasteiger charge is -2.37. The molecule has 1 aromatic rings. The summed E-state index contributed by atoms with van der Waals surface area (Å²) in [5.74, 6) is 1.44. The highest BCUT2D eigenvalue weighted by Gasteiger charge is 2.30. The Kier molecular flexibility index (Phi) is 4.30. The number of carbonyl (C=O) groups excluding carboxylic acids is 1. The summed E-state index contributed by atoms with van der Waals surface area (Å²) in [6.07, 6.45) is 3.66. The van der Waals surface area contributed by atoms with Crippen molar-refractivity contribution in [3.8, 4) is 0 Å². The zero-order valence-corrected chi connectivity index (χ0v) is 12.0. The fourth-order valence-corrected chi connectivity index (χ4v) is 2.72. The molecule has 1 fully saturated rings. The van der Waals surface area contributed by atoms with E-state index in [-0.39, 0.29) is 11.5 Å². The highest BCUT2D eigenvalue weighted by atomic mass is 16.5. The quantitative estimate of drug-likeness (QED) is 0.840. The van der Waals surface area contributed by atoms with Crippen LogP contribution in [0.3, 0.4) is 0 Å². The predicted molar refractivity (Wildman–Crippen MR) is 72.6 cm³/mol. The van der Waals surface area contributed by atoms with Crippen LogP contribution < -0.4 is 0 Å². The zero-order valence-electron chi connectivity index (χ0n) is 12.0. The summed E-state index contributed by atoms with van der Waals surface area (Å²) in [5.41, 5.74) is -0.0734. The van der Waals surface area contributed by atoms with Crippen molar-refractivity contribution >= 4 is 5.91 Å². The Morgan fingerprint density at radius 2 is 2.32 bits per heavy atom. The van der Waals surface area contributed by atoms with Gasteiger partial charge in [-0.2, -0.15) is 0 Å².